The molecule has 0 bridgehead atoms. The molecule has 104 valence electrons. The van der Waals surface area contributed by atoms with E-state index in [2.05, 4.69) is 10.1 Å². The summed E-state index contributed by atoms with van der Waals surface area (Å²) < 4.78 is 0. The molecule has 1 aliphatic rings. The Hall–Kier alpha value is -1.59. The minimum Gasteiger partial charge on any atom is -0.409 e. The van der Waals surface area contributed by atoms with Gasteiger partial charge in [0, 0.05) is 18.7 Å². The number of aliphatic hydroxyl groups is 1. The first kappa shape index (κ1) is 13.8. The normalized spacial score (nSPS) is 18.7. The lowest BCUT2D eigenvalue weighted by Gasteiger charge is -2.31. The highest BCUT2D eigenvalue weighted by Crippen LogP contribution is 2.19. The number of amidine groups is 1. The fraction of sp³-hybridized carbons (Fsp3) is 0.500. The van der Waals surface area contributed by atoms with E-state index < -0.39 is 0 Å². The van der Waals surface area contributed by atoms with E-state index in [1.54, 1.807) is 0 Å². The first-order valence-corrected chi connectivity index (χ1v) is 6.63. The van der Waals surface area contributed by atoms with Crippen LogP contribution in [0.3, 0.4) is 0 Å². The van der Waals surface area contributed by atoms with Crippen molar-refractivity contribution in [3.63, 3.8) is 0 Å². The van der Waals surface area contributed by atoms with E-state index in [0.717, 1.165) is 43.6 Å². The molecule has 0 amide bonds. The van der Waals surface area contributed by atoms with Crippen LogP contribution in [0, 0.1) is 5.92 Å². The van der Waals surface area contributed by atoms with Gasteiger partial charge in [0.15, 0.2) is 5.84 Å². The summed E-state index contributed by atoms with van der Waals surface area (Å²) in [5.41, 5.74) is 7.55. The molecule has 0 atom stereocenters. The third-order valence-corrected chi connectivity index (χ3v) is 3.76. The number of benzene rings is 1. The molecule has 5 heteroatoms. The zero-order valence-electron chi connectivity index (χ0n) is 11.0. The highest BCUT2D eigenvalue weighted by atomic mass is 16.4. The summed E-state index contributed by atoms with van der Waals surface area (Å²) in [5.74, 6) is 0.594. The van der Waals surface area contributed by atoms with E-state index in [0.29, 0.717) is 5.92 Å². The van der Waals surface area contributed by atoms with Crippen molar-refractivity contribution in [2.75, 3.05) is 19.7 Å². The average Bonchev–Trinajstić information content (AvgIpc) is 2.48. The summed E-state index contributed by atoms with van der Waals surface area (Å²) in [7, 11) is 0. The molecular formula is C14H21N3O2. The van der Waals surface area contributed by atoms with E-state index >= 15 is 0 Å². The lowest BCUT2D eigenvalue weighted by atomic mass is 9.97. The molecule has 19 heavy (non-hydrogen) atoms. The van der Waals surface area contributed by atoms with Gasteiger partial charge in [-0.25, -0.2) is 0 Å². The smallest absolute Gasteiger partial charge is 0.170 e. The van der Waals surface area contributed by atoms with E-state index in [4.69, 9.17) is 16.0 Å². The average molecular weight is 263 g/mol. The summed E-state index contributed by atoms with van der Waals surface area (Å²) in [6.45, 7) is 3.05. The van der Waals surface area contributed by atoms with Gasteiger partial charge in [0.05, 0.1) is 0 Å². The van der Waals surface area contributed by atoms with Crippen LogP contribution in [0.1, 0.15) is 24.0 Å². The molecule has 0 radical (unpaired) electrons. The van der Waals surface area contributed by atoms with Gasteiger partial charge in [-0.05, 0) is 37.4 Å². The Bertz CT molecular complexity index is 440. The number of hydrogen-bond acceptors (Lipinski definition) is 4. The van der Waals surface area contributed by atoms with Crippen molar-refractivity contribution in [3.8, 4) is 0 Å². The molecule has 0 saturated carbocycles. The molecule has 1 saturated heterocycles. The first-order chi connectivity index (χ1) is 9.24. The van der Waals surface area contributed by atoms with Gasteiger partial charge in [0.25, 0.3) is 0 Å². The van der Waals surface area contributed by atoms with Gasteiger partial charge in [-0.3, -0.25) is 4.90 Å². The number of likely N-dealkylation sites (tertiary alicyclic amines) is 1. The highest BCUT2D eigenvalue weighted by molar-refractivity contribution is 5.98. The lowest BCUT2D eigenvalue weighted by molar-refractivity contribution is 0.127. The first-order valence-electron chi connectivity index (χ1n) is 6.63. The highest BCUT2D eigenvalue weighted by Gasteiger charge is 2.19. The minimum atomic E-state index is 0.154. The molecule has 0 aliphatic carbocycles. The van der Waals surface area contributed by atoms with Gasteiger partial charge in [0.2, 0.25) is 0 Å². The topological polar surface area (TPSA) is 82.1 Å². The molecule has 1 aromatic carbocycles. The summed E-state index contributed by atoms with van der Waals surface area (Å²) >= 11 is 0. The van der Waals surface area contributed by atoms with Crippen LogP contribution in [0.4, 0.5) is 0 Å². The lowest BCUT2D eigenvalue weighted by Crippen LogP contribution is -2.34. The zero-order valence-corrected chi connectivity index (χ0v) is 11.0. The molecule has 1 fully saturated rings. The predicted molar refractivity (Wildman–Crippen MR) is 74.0 cm³/mol. The van der Waals surface area contributed by atoms with Crippen molar-refractivity contribution >= 4 is 5.84 Å². The van der Waals surface area contributed by atoms with Gasteiger partial charge in [0.1, 0.15) is 0 Å². The number of piperidine rings is 1. The van der Waals surface area contributed by atoms with Gasteiger partial charge in [-0.2, -0.15) is 0 Å². The van der Waals surface area contributed by atoms with E-state index in [1.807, 2.05) is 24.3 Å². The second kappa shape index (κ2) is 6.54. The monoisotopic (exact) mass is 263 g/mol. The van der Waals surface area contributed by atoms with Gasteiger partial charge < -0.3 is 16.0 Å². The molecule has 1 aromatic rings. The van der Waals surface area contributed by atoms with Crippen molar-refractivity contribution < 1.29 is 10.3 Å². The molecule has 5 nitrogen and oxygen atoms in total. The van der Waals surface area contributed by atoms with Gasteiger partial charge in [-0.1, -0.05) is 29.4 Å². The number of nitrogens with zero attached hydrogens (tertiary/aromatic N) is 2. The molecular weight excluding hydrogens is 242 g/mol. The van der Waals surface area contributed by atoms with Crippen molar-refractivity contribution in [3.05, 3.63) is 35.4 Å². The Labute approximate surface area is 113 Å². The Morgan fingerprint density at radius 2 is 2.00 bits per heavy atom. The minimum absolute atomic E-state index is 0.154. The standard InChI is InChI=1S/C14H21N3O2/c15-14(16-19)13-4-2-1-3-12(13)9-17-7-5-11(10-18)6-8-17/h1-4,11,18-19H,5-10H2,(H2,15,16). The number of hydrogen-bond donors (Lipinski definition) is 3. The fourth-order valence-corrected chi connectivity index (χ4v) is 2.53. The van der Waals surface area contributed by atoms with Crippen LogP contribution >= 0.6 is 0 Å². The third-order valence-electron chi connectivity index (χ3n) is 3.76. The maximum Gasteiger partial charge on any atom is 0.170 e. The second-order valence-electron chi connectivity index (χ2n) is 5.04. The zero-order chi connectivity index (χ0) is 13.7. The third kappa shape index (κ3) is 3.45. The summed E-state index contributed by atoms with van der Waals surface area (Å²) in [6.07, 6.45) is 2.06. The molecule has 2 rings (SSSR count). The second-order valence-corrected chi connectivity index (χ2v) is 5.04. The van der Waals surface area contributed by atoms with Gasteiger partial charge >= 0.3 is 0 Å². The molecule has 4 N–H and O–H groups in total. The predicted octanol–water partition coefficient (Wildman–Crippen LogP) is 0.985. The van der Waals surface area contributed by atoms with Crippen molar-refractivity contribution in [1.29, 1.82) is 0 Å². The maximum absolute atomic E-state index is 9.14. The SMILES string of the molecule is N/C(=N\O)c1ccccc1CN1CCC(CO)CC1. The van der Waals surface area contributed by atoms with Crippen LogP contribution in [0.2, 0.25) is 0 Å². The van der Waals surface area contributed by atoms with Crippen LogP contribution in [-0.2, 0) is 6.54 Å². The maximum atomic E-state index is 9.14. The quantitative estimate of drug-likeness (QED) is 0.327. The summed E-state index contributed by atoms with van der Waals surface area (Å²) in [4.78, 5) is 2.34. The fourth-order valence-electron chi connectivity index (χ4n) is 2.53. The number of rotatable bonds is 4. The molecule has 0 unspecified atom stereocenters. The molecule has 1 aliphatic heterocycles. The Balaban J connectivity index is 2.04. The Morgan fingerprint density at radius 1 is 1.32 bits per heavy atom. The molecule has 1 heterocycles. The van der Waals surface area contributed by atoms with E-state index in [9.17, 15) is 0 Å². The Kier molecular flexibility index (Phi) is 4.76. The van der Waals surface area contributed by atoms with Crippen LogP contribution < -0.4 is 5.73 Å². The number of nitrogens with two attached hydrogens (primary N) is 1. The van der Waals surface area contributed by atoms with Gasteiger partial charge in [-0.15, -0.1) is 0 Å². The van der Waals surface area contributed by atoms with Crippen molar-refractivity contribution in [2.45, 2.75) is 19.4 Å². The van der Waals surface area contributed by atoms with Crippen LogP contribution in [0.25, 0.3) is 0 Å². The van der Waals surface area contributed by atoms with E-state index in [1.165, 1.54) is 0 Å². The Morgan fingerprint density at radius 3 is 2.63 bits per heavy atom. The van der Waals surface area contributed by atoms with Crippen molar-refractivity contribution in [2.24, 2.45) is 16.8 Å². The summed E-state index contributed by atoms with van der Waals surface area (Å²) in [5, 5.41) is 21.0. The molecule has 0 spiro atoms. The molecule has 0 aromatic heterocycles. The summed E-state index contributed by atoms with van der Waals surface area (Å²) in [6, 6.07) is 7.72. The number of oxime groups is 1. The largest absolute Gasteiger partial charge is 0.409 e. The van der Waals surface area contributed by atoms with E-state index in [-0.39, 0.29) is 12.4 Å². The van der Waals surface area contributed by atoms with Crippen LogP contribution in [0.5, 0.6) is 0 Å². The van der Waals surface area contributed by atoms with Crippen molar-refractivity contribution in [1.82, 2.24) is 4.90 Å². The number of aliphatic hydroxyl groups excluding tert-OH is 1. The van der Waals surface area contributed by atoms with Crippen LogP contribution in [-0.4, -0.2) is 40.7 Å². The van der Waals surface area contributed by atoms with Crippen LogP contribution in [0.15, 0.2) is 29.4 Å².